The molecule has 7 heteroatoms. The molecule has 1 aliphatic rings. The maximum Gasteiger partial charge on any atom is 0.328 e. The smallest absolute Gasteiger partial charge is 0.321 e. The highest BCUT2D eigenvalue weighted by molar-refractivity contribution is 9.10. The van der Waals surface area contributed by atoms with Gasteiger partial charge in [-0.2, -0.15) is 0 Å². The zero-order valence-corrected chi connectivity index (χ0v) is 19.0. The molecule has 1 amide bonds. The summed E-state index contributed by atoms with van der Waals surface area (Å²) >= 11 is 5.23. The van der Waals surface area contributed by atoms with Crippen LogP contribution in [-0.2, 0) is 14.1 Å². The van der Waals surface area contributed by atoms with Gasteiger partial charge in [-0.3, -0.25) is 13.9 Å². The Morgan fingerprint density at radius 3 is 2.31 bits per heavy atom. The number of aromatic nitrogens is 2. The molecule has 1 saturated carbocycles. The fraction of sp³-hybridized carbons (Fsp3) is 0.364. The number of rotatable bonds is 4. The fourth-order valence-corrected chi connectivity index (χ4v) is 5.49. The SMILES string of the molecule is Cn1c(=O)n(C)c2cc(SC3CCCCC3)c(NC(=O)c3ccc(Br)cc3)cc21. The average Bonchev–Trinajstić information content (AvgIpc) is 2.93. The van der Waals surface area contributed by atoms with Crippen molar-refractivity contribution < 1.29 is 4.79 Å². The van der Waals surface area contributed by atoms with E-state index in [0.717, 1.165) is 26.1 Å². The number of nitrogens with one attached hydrogen (secondary N) is 1. The highest BCUT2D eigenvalue weighted by Crippen LogP contribution is 2.39. The quantitative estimate of drug-likeness (QED) is 0.557. The van der Waals surface area contributed by atoms with Crippen LogP contribution >= 0.6 is 27.7 Å². The first kappa shape index (κ1) is 20.3. The van der Waals surface area contributed by atoms with Gasteiger partial charge in [0.25, 0.3) is 5.91 Å². The van der Waals surface area contributed by atoms with E-state index in [2.05, 4.69) is 21.2 Å². The van der Waals surface area contributed by atoms with Gasteiger partial charge in [0.2, 0.25) is 0 Å². The number of carbonyl (C=O) groups excluding carboxylic acids is 1. The van der Waals surface area contributed by atoms with E-state index in [9.17, 15) is 9.59 Å². The summed E-state index contributed by atoms with van der Waals surface area (Å²) in [4.78, 5) is 26.3. The van der Waals surface area contributed by atoms with E-state index < -0.39 is 0 Å². The highest BCUT2D eigenvalue weighted by atomic mass is 79.9. The van der Waals surface area contributed by atoms with Gasteiger partial charge in [0.15, 0.2) is 0 Å². The minimum absolute atomic E-state index is 0.0648. The molecule has 0 bridgehead atoms. The van der Waals surface area contributed by atoms with E-state index in [1.165, 1.54) is 32.1 Å². The van der Waals surface area contributed by atoms with Crippen LogP contribution in [0.4, 0.5) is 5.69 Å². The molecular formula is C22H24BrN3O2S. The Morgan fingerprint density at radius 2 is 1.66 bits per heavy atom. The molecule has 1 aromatic heterocycles. The Morgan fingerprint density at radius 1 is 1.03 bits per heavy atom. The molecule has 3 aromatic rings. The van der Waals surface area contributed by atoms with Gasteiger partial charge in [-0.05, 0) is 49.2 Å². The van der Waals surface area contributed by atoms with Crippen molar-refractivity contribution in [2.24, 2.45) is 14.1 Å². The molecule has 1 fully saturated rings. The van der Waals surface area contributed by atoms with Crippen LogP contribution in [0, 0.1) is 0 Å². The third-order valence-corrected chi connectivity index (χ3v) is 7.50. The van der Waals surface area contributed by atoms with Crippen molar-refractivity contribution in [1.29, 1.82) is 0 Å². The molecule has 0 saturated heterocycles. The van der Waals surface area contributed by atoms with Gasteiger partial charge < -0.3 is 5.32 Å². The molecule has 2 aromatic carbocycles. The minimum atomic E-state index is -0.150. The number of imidazole rings is 1. The highest BCUT2D eigenvalue weighted by Gasteiger charge is 2.20. The maximum atomic E-state index is 12.9. The standard InChI is InChI=1S/C22H24BrN3O2S/c1-25-18-12-17(24-21(27)14-8-10-15(23)11-9-14)20(13-19(18)26(2)22(25)28)29-16-6-4-3-5-7-16/h8-13,16H,3-7H2,1-2H3,(H,24,27). The molecule has 0 unspecified atom stereocenters. The Balaban J connectivity index is 1.73. The van der Waals surface area contributed by atoms with Crippen LogP contribution in [0.15, 0.2) is 50.6 Å². The summed E-state index contributed by atoms with van der Waals surface area (Å²) in [5.74, 6) is -0.150. The average molecular weight is 474 g/mol. The van der Waals surface area contributed by atoms with E-state index in [-0.39, 0.29) is 11.6 Å². The van der Waals surface area contributed by atoms with Crippen LogP contribution in [-0.4, -0.2) is 20.3 Å². The number of carbonyl (C=O) groups is 1. The summed E-state index contributed by atoms with van der Waals surface area (Å²) in [7, 11) is 3.55. The van der Waals surface area contributed by atoms with Crippen molar-refractivity contribution in [3.05, 3.63) is 56.9 Å². The molecule has 0 spiro atoms. The number of amides is 1. The lowest BCUT2D eigenvalue weighted by Gasteiger charge is -2.22. The van der Waals surface area contributed by atoms with Gasteiger partial charge in [-0.25, -0.2) is 4.79 Å². The summed E-state index contributed by atoms with van der Waals surface area (Å²) in [6, 6.07) is 11.3. The summed E-state index contributed by atoms with van der Waals surface area (Å²) in [5, 5.41) is 3.63. The number of benzene rings is 2. The Bertz CT molecular complexity index is 1110. The third-order valence-electron chi connectivity index (χ3n) is 5.57. The summed E-state index contributed by atoms with van der Waals surface area (Å²) in [6.45, 7) is 0. The van der Waals surface area contributed by atoms with Crippen molar-refractivity contribution in [2.45, 2.75) is 42.2 Å². The normalized spacial score (nSPS) is 15.0. The summed E-state index contributed by atoms with van der Waals surface area (Å²) < 4.78 is 4.23. The number of hydrogen-bond donors (Lipinski definition) is 1. The van der Waals surface area contributed by atoms with Gasteiger partial charge in [0.05, 0.1) is 16.7 Å². The lowest BCUT2D eigenvalue weighted by Crippen LogP contribution is -2.19. The van der Waals surface area contributed by atoms with Crippen molar-refractivity contribution in [2.75, 3.05) is 5.32 Å². The molecule has 0 aliphatic heterocycles. The largest absolute Gasteiger partial charge is 0.328 e. The van der Waals surface area contributed by atoms with Gasteiger partial charge in [-0.1, -0.05) is 35.2 Å². The van der Waals surface area contributed by atoms with Gasteiger partial charge in [0.1, 0.15) is 0 Å². The second-order valence-electron chi connectivity index (χ2n) is 7.58. The molecule has 0 radical (unpaired) electrons. The van der Waals surface area contributed by atoms with Crippen LogP contribution in [0.2, 0.25) is 0 Å². The Kier molecular flexibility index (Phi) is 5.88. The topological polar surface area (TPSA) is 56.0 Å². The van der Waals surface area contributed by atoms with Crippen molar-refractivity contribution >= 4 is 50.3 Å². The van der Waals surface area contributed by atoms with E-state index in [0.29, 0.717) is 10.8 Å². The fourth-order valence-electron chi connectivity index (χ4n) is 3.88. The number of thioether (sulfide) groups is 1. The van der Waals surface area contributed by atoms with Gasteiger partial charge in [-0.15, -0.1) is 11.8 Å². The zero-order valence-electron chi connectivity index (χ0n) is 16.6. The first-order valence-corrected chi connectivity index (χ1v) is 11.5. The van der Waals surface area contributed by atoms with Crippen LogP contribution in [0.5, 0.6) is 0 Å². The van der Waals surface area contributed by atoms with E-state index in [1.54, 1.807) is 35.4 Å². The molecule has 0 atom stereocenters. The van der Waals surface area contributed by atoms with Gasteiger partial charge >= 0.3 is 5.69 Å². The summed E-state index contributed by atoms with van der Waals surface area (Å²) in [5.41, 5.74) is 3.00. The molecule has 29 heavy (non-hydrogen) atoms. The molecule has 5 nitrogen and oxygen atoms in total. The summed E-state index contributed by atoms with van der Waals surface area (Å²) in [6.07, 6.45) is 6.19. The van der Waals surface area contributed by atoms with Crippen molar-refractivity contribution in [1.82, 2.24) is 9.13 Å². The number of anilines is 1. The van der Waals surface area contributed by atoms with Gasteiger partial charge in [0, 0.05) is 34.3 Å². The first-order valence-electron chi connectivity index (χ1n) is 9.87. The molecule has 1 heterocycles. The number of halogens is 1. The number of hydrogen-bond acceptors (Lipinski definition) is 3. The molecule has 4 rings (SSSR count). The second kappa shape index (κ2) is 8.40. The van der Waals surface area contributed by atoms with Crippen molar-refractivity contribution in [3.8, 4) is 0 Å². The van der Waals surface area contributed by atoms with E-state index in [1.807, 2.05) is 36.0 Å². The molecule has 1 aliphatic carbocycles. The van der Waals surface area contributed by atoms with Crippen LogP contribution < -0.4 is 11.0 Å². The number of fused-ring (bicyclic) bond motifs is 1. The zero-order chi connectivity index (χ0) is 20.5. The molecule has 1 N–H and O–H groups in total. The first-order chi connectivity index (χ1) is 13.9. The molecular weight excluding hydrogens is 450 g/mol. The lowest BCUT2D eigenvalue weighted by atomic mass is 10.0. The monoisotopic (exact) mass is 473 g/mol. The second-order valence-corrected chi connectivity index (χ2v) is 9.83. The minimum Gasteiger partial charge on any atom is -0.321 e. The van der Waals surface area contributed by atoms with Crippen LogP contribution in [0.3, 0.4) is 0 Å². The van der Waals surface area contributed by atoms with Crippen LogP contribution in [0.25, 0.3) is 11.0 Å². The molecule has 152 valence electrons. The number of aryl methyl sites for hydroxylation is 2. The third kappa shape index (κ3) is 4.16. The lowest BCUT2D eigenvalue weighted by molar-refractivity contribution is 0.102. The van der Waals surface area contributed by atoms with E-state index >= 15 is 0 Å². The Labute approximate surface area is 182 Å². The Hall–Kier alpha value is -1.99. The van der Waals surface area contributed by atoms with Crippen LogP contribution in [0.1, 0.15) is 42.5 Å². The number of nitrogens with zero attached hydrogens (tertiary/aromatic N) is 2. The maximum absolute atomic E-state index is 12.9. The predicted molar refractivity (Wildman–Crippen MR) is 123 cm³/mol. The predicted octanol–water partition coefficient (Wildman–Crippen LogP) is 5.32. The van der Waals surface area contributed by atoms with E-state index in [4.69, 9.17) is 0 Å². The van der Waals surface area contributed by atoms with Crippen molar-refractivity contribution in [3.63, 3.8) is 0 Å².